The first-order valence-corrected chi connectivity index (χ1v) is 9.27. The Kier molecular flexibility index (Phi) is 7.11. The molecule has 1 heterocycles. The van der Waals surface area contributed by atoms with Crippen molar-refractivity contribution in [3.05, 3.63) is 46.3 Å². The summed E-state index contributed by atoms with van der Waals surface area (Å²) in [5.41, 5.74) is 1.51. The van der Waals surface area contributed by atoms with E-state index in [1.54, 1.807) is 37.3 Å². The highest BCUT2D eigenvalue weighted by molar-refractivity contribution is 7.80. The molecule has 0 saturated carbocycles. The largest absolute Gasteiger partial charge is 0.465 e. The average Bonchev–Trinajstić information content (AvgIpc) is 3.04. The summed E-state index contributed by atoms with van der Waals surface area (Å²) in [6.07, 6.45) is 0.804. The zero-order valence-electron chi connectivity index (χ0n) is 14.8. The summed E-state index contributed by atoms with van der Waals surface area (Å²) in [5, 5.41) is 6.96. The number of hydrogen-bond donors (Lipinski definition) is 2. The van der Waals surface area contributed by atoms with Gasteiger partial charge in [0.1, 0.15) is 5.00 Å². The van der Waals surface area contributed by atoms with Gasteiger partial charge in [0.25, 0.3) is 0 Å². The molecule has 138 valence electrons. The molecule has 0 fully saturated rings. The Morgan fingerprint density at radius 1 is 1.15 bits per heavy atom. The third-order valence-electron chi connectivity index (χ3n) is 3.40. The zero-order chi connectivity index (χ0) is 19.1. The van der Waals surface area contributed by atoms with E-state index >= 15 is 0 Å². The van der Waals surface area contributed by atoms with Crippen LogP contribution in [0.15, 0.2) is 30.3 Å². The second-order valence-corrected chi connectivity index (χ2v) is 6.73. The van der Waals surface area contributed by atoms with Gasteiger partial charge < -0.3 is 20.1 Å². The topological polar surface area (TPSA) is 76.7 Å². The summed E-state index contributed by atoms with van der Waals surface area (Å²) in [6, 6.07) is 8.63. The van der Waals surface area contributed by atoms with Crippen molar-refractivity contribution < 1.29 is 19.1 Å². The minimum absolute atomic E-state index is 0.306. The molecule has 0 bridgehead atoms. The van der Waals surface area contributed by atoms with E-state index in [0.717, 1.165) is 11.3 Å². The van der Waals surface area contributed by atoms with E-state index in [2.05, 4.69) is 10.6 Å². The van der Waals surface area contributed by atoms with Gasteiger partial charge in [-0.15, -0.1) is 11.3 Å². The molecule has 2 aromatic rings. The van der Waals surface area contributed by atoms with Crippen molar-refractivity contribution in [1.29, 1.82) is 0 Å². The Morgan fingerprint density at radius 3 is 2.58 bits per heavy atom. The Balaban J connectivity index is 2.12. The van der Waals surface area contributed by atoms with Crippen LogP contribution in [0.3, 0.4) is 0 Å². The van der Waals surface area contributed by atoms with Crippen LogP contribution in [0.25, 0.3) is 0 Å². The van der Waals surface area contributed by atoms with Crippen molar-refractivity contribution in [1.82, 2.24) is 0 Å². The van der Waals surface area contributed by atoms with E-state index in [4.69, 9.17) is 21.7 Å². The van der Waals surface area contributed by atoms with E-state index in [1.165, 1.54) is 18.4 Å². The Hall–Kier alpha value is -2.45. The number of anilines is 2. The van der Waals surface area contributed by atoms with Crippen LogP contribution in [0.2, 0.25) is 0 Å². The number of thiocarbonyl (C=S) groups is 1. The quantitative estimate of drug-likeness (QED) is 0.566. The van der Waals surface area contributed by atoms with Crippen molar-refractivity contribution in [2.24, 2.45) is 0 Å². The van der Waals surface area contributed by atoms with Gasteiger partial charge in [-0.1, -0.05) is 13.0 Å². The highest BCUT2D eigenvalue weighted by Crippen LogP contribution is 2.29. The lowest BCUT2D eigenvalue weighted by molar-refractivity contribution is 0.0525. The SMILES string of the molecule is CCOC(=O)c1cccc(NC(=S)Nc2sc(CC)cc2C(=O)OC)c1. The first-order valence-electron chi connectivity index (χ1n) is 8.04. The fraction of sp³-hybridized carbons (Fsp3) is 0.278. The second kappa shape index (κ2) is 9.30. The molecule has 0 aliphatic heterocycles. The fourth-order valence-corrected chi connectivity index (χ4v) is 3.45. The minimum atomic E-state index is -0.421. The van der Waals surface area contributed by atoms with Crippen molar-refractivity contribution >= 4 is 51.3 Å². The van der Waals surface area contributed by atoms with E-state index < -0.39 is 11.9 Å². The Morgan fingerprint density at radius 2 is 1.92 bits per heavy atom. The van der Waals surface area contributed by atoms with Crippen molar-refractivity contribution in [2.45, 2.75) is 20.3 Å². The van der Waals surface area contributed by atoms with Gasteiger partial charge >= 0.3 is 11.9 Å². The Labute approximate surface area is 161 Å². The summed E-state index contributed by atoms with van der Waals surface area (Å²) in [4.78, 5) is 24.8. The third-order valence-corrected chi connectivity index (χ3v) is 4.79. The summed E-state index contributed by atoms with van der Waals surface area (Å²) in [7, 11) is 1.34. The minimum Gasteiger partial charge on any atom is -0.465 e. The van der Waals surface area contributed by atoms with Crippen molar-refractivity contribution in [3.8, 4) is 0 Å². The molecule has 0 spiro atoms. The molecule has 0 unspecified atom stereocenters. The predicted octanol–water partition coefficient (Wildman–Crippen LogP) is 4.08. The molecule has 1 aromatic heterocycles. The maximum atomic E-state index is 11.9. The number of benzene rings is 1. The molecule has 0 saturated heterocycles. The maximum absolute atomic E-state index is 11.9. The molecular weight excluding hydrogens is 372 g/mol. The smallest absolute Gasteiger partial charge is 0.340 e. The van der Waals surface area contributed by atoms with Crippen LogP contribution in [0, 0.1) is 0 Å². The predicted molar refractivity (Wildman–Crippen MR) is 107 cm³/mol. The van der Waals surface area contributed by atoms with Gasteiger partial charge in [-0.05, 0) is 49.8 Å². The monoisotopic (exact) mass is 392 g/mol. The molecule has 0 radical (unpaired) electrons. The average molecular weight is 393 g/mol. The summed E-state index contributed by atoms with van der Waals surface area (Å²) in [5.74, 6) is -0.815. The van der Waals surface area contributed by atoms with Crippen LogP contribution in [-0.4, -0.2) is 30.8 Å². The molecule has 0 aliphatic rings. The van der Waals surface area contributed by atoms with Crippen LogP contribution >= 0.6 is 23.6 Å². The lowest BCUT2D eigenvalue weighted by Gasteiger charge is -2.11. The number of rotatable bonds is 6. The summed E-state index contributed by atoms with van der Waals surface area (Å²) >= 11 is 6.77. The normalized spacial score (nSPS) is 10.1. The molecule has 0 atom stereocenters. The van der Waals surface area contributed by atoms with Crippen LogP contribution in [-0.2, 0) is 15.9 Å². The van der Waals surface area contributed by atoms with Gasteiger partial charge in [0, 0.05) is 10.6 Å². The van der Waals surface area contributed by atoms with Gasteiger partial charge in [0.2, 0.25) is 0 Å². The number of aryl methyl sites for hydroxylation is 1. The molecule has 6 nitrogen and oxygen atoms in total. The third kappa shape index (κ3) is 5.03. The highest BCUT2D eigenvalue weighted by atomic mass is 32.1. The molecule has 2 rings (SSSR count). The maximum Gasteiger partial charge on any atom is 0.340 e. The summed E-state index contributed by atoms with van der Waals surface area (Å²) < 4.78 is 9.80. The first kappa shape index (κ1) is 19.9. The molecule has 8 heteroatoms. The number of hydrogen-bond acceptors (Lipinski definition) is 6. The van der Waals surface area contributed by atoms with Crippen molar-refractivity contribution in [3.63, 3.8) is 0 Å². The van der Waals surface area contributed by atoms with Gasteiger partial charge in [-0.3, -0.25) is 0 Å². The number of esters is 2. The lowest BCUT2D eigenvalue weighted by atomic mass is 10.2. The molecule has 0 aliphatic carbocycles. The fourth-order valence-electron chi connectivity index (χ4n) is 2.17. The number of nitrogens with one attached hydrogen (secondary N) is 2. The number of carbonyl (C=O) groups excluding carboxylic acids is 2. The van der Waals surface area contributed by atoms with Gasteiger partial charge in [-0.2, -0.15) is 0 Å². The van der Waals surface area contributed by atoms with Crippen LogP contribution in [0.4, 0.5) is 10.7 Å². The van der Waals surface area contributed by atoms with Gasteiger partial charge in [0.05, 0.1) is 24.8 Å². The van der Waals surface area contributed by atoms with E-state index in [0.29, 0.717) is 33.5 Å². The molecule has 2 N–H and O–H groups in total. The number of methoxy groups -OCH3 is 1. The van der Waals surface area contributed by atoms with E-state index in [9.17, 15) is 9.59 Å². The zero-order valence-corrected chi connectivity index (χ0v) is 16.4. The number of thiophene rings is 1. The molecule has 0 amide bonds. The molecule has 26 heavy (non-hydrogen) atoms. The van der Waals surface area contributed by atoms with Gasteiger partial charge in [-0.25, -0.2) is 9.59 Å². The summed E-state index contributed by atoms with van der Waals surface area (Å²) in [6.45, 7) is 4.07. The number of carbonyl (C=O) groups is 2. The second-order valence-electron chi connectivity index (χ2n) is 5.18. The van der Waals surface area contributed by atoms with Crippen LogP contribution in [0.1, 0.15) is 39.4 Å². The van der Waals surface area contributed by atoms with Crippen molar-refractivity contribution in [2.75, 3.05) is 24.4 Å². The highest BCUT2D eigenvalue weighted by Gasteiger charge is 2.17. The lowest BCUT2D eigenvalue weighted by Crippen LogP contribution is -2.20. The standard InChI is InChI=1S/C18H20N2O4S2/c1-4-13-10-14(17(22)23-3)15(26-13)20-18(25)19-12-8-6-7-11(9-12)16(21)24-5-2/h6-10H,4-5H2,1-3H3,(H2,19,20,25). The van der Waals surface area contributed by atoms with Crippen LogP contribution < -0.4 is 10.6 Å². The molecular formula is C18H20N2O4S2. The molecule has 1 aromatic carbocycles. The van der Waals surface area contributed by atoms with E-state index in [-0.39, 0.29) is 0 Å². The van der Waals surface area contributed by atoms with Crippen LogP contribution in [0.5, 0.6) is 0 Å². The van der Waals surface area contributed by atoms with Gasteiger partial charge in [0.15, 0.2) is 5.11 Å². The first-order chi connectivity index (χ1) is 12.5. The Bertz CT molecular complexity index is 817. The number of ether oxygens (including phenoxy) is 2. The van der Waals surface area contributed by atoms with E-state index in [1.807, 2.05) is 6.92 Å².